The highest BCUT2D eigenvalue weighted by molar-refractivity contribution is 5.95. The number of amides is 1. The maximum Gasteiger partial charge on any atom is 0.251 e. The van der Waals surface area contributed by atoms with E-state index in [0.717, 1.165) is 12.8 Å². The molecule has 4 heteroatoms. The fourth-order valence-electron chi connectivity index (χ4n) is 2.28. The molecule has 1 aliphatic rings. The highest BCUT2D eigenvalue weighted by Crippen LogP contribution is 2.23. The molecule has 0 spiro atoms. The molecule has 1 aliphatic carbocycles. The highest BCUT2D eigenvalue weighted by atomic mass is 16.5. The zero-order chi connectivity index (χ0) is 13.0. The first-order chi connectivity index (χ1) is 8.72. The van der Waals surface area contributed by atoms with Crippen LogP contribution in [-0.2, 0) is 0 Å². The molecule has 0 unspecified atom stereocenters. The van der Waals surface area contributed by atoms with Crippen LogP contribution in [0.15, 0.2) is 18.2 Å². The summed E-state index contributed by atoms with van der Waals surface area (Å²) in [6, 6.07) is 5.53. The van der Waals surface area contributed by atoms with Crippen molar-refractivity contribution in [3.8, 4) is 11.5 Å². The number of rotatable bonds is 4. The monoisotopic (exact) mass is 249 g/mol. The van der Waals surface area contributed by atoms with Crippen LogP contribution in [0, 0.1) is 0 Å². The quantitative estimate of drug-likeness (QED) is 0.891. The predicted octanol–water partition coefficient (Wildman–Crippen LogP) is 2.38. The molecule has 1 aromatic carbocycles. The Balaban J connectivity index is 2.12. The van der Waals surface area contributed by atoms with Gasteiger partial charge in [0.15, 0.2) is 0 Å². The molecule has 0 radical (unpaired) electrons. The summed E-state index contributed by atoms with van der Waals surface area (Å²) in [5, 5.41) is 3.05. The maximum atomic E-state index is 12.1. The lowest BCUT2D eigenvalue weighted by molar-refractivity contribution is 0.0937. The topological polar surface area (TPSA) is 47.6 Å². The summed E-state index contributed by atoms with van der Waals surface area (Å²) in [6.45, 7) is 0. The van der Waals surface area contributed by atoms with Crippen LogP contribution in [0.1, 0.15) is 36.0 Å². The summed E-state index contributed by atoms with van der Waals surface area (Å²) in [5.41, 5.74) is 0.582. The molecule has 1 N–H and O–H groups in total. The highest BCUT2D eigenvalue weighted by Gasteiger charge is 2.18. The van der Waals surface area contributed by atoms with Crippen LogP contribution in [0.2, 0.25) is 0 Å². The minimum absolute atomic E-state index is 0.0564. The molecule has 0 saturated heterocycles. The number of hydrogen-bond acceptors (Lipinski definition) is 3. The van der Waals surface area contributed by atoms with Crippen molar-refractivity contribution in [1.29, 1.82) is 0 Å². The molecule has 0 atom stereocenters. The zero-order valence-electron chi connectivity index (χ0n) is 10.9. The molecule has 1 aromatic rings. The smallest absolute Gasteiger partial charge is 0.251 e. The molecular weight excluding hydrogens is 230 g/mol. The van der Waals surface area contributed by atoms with Crippen LogP contribution in [0.3, 0.4) is 0 Å². The molecule has 1 saturated carbocycles. The first kappa shape index (κ1) is 12.7. The SMILES string of the molecule is COc1cc(OC)cc(C(=O)NC2CCCC2)c1. The Labute approximate surface area is 107 Å². The summed E-state index contributed by atoms with van der Waals surface area (Å²) in [4.78, 5) is 12.1. The Morgan fingerprint density at radius 3 is 2.17 bits per heavy atom. The van der Waals surface area contributed by atoms with Crippen LogP contribution in [0.4, 0.5) is 0 Å². The minimum Gasteiger partial charge on any atom is -0.497 e. The fourth-order valence-corrected chi connectivity index (χ4v) is 2.28. The second-order valence-electron chi connectivity index (χ2n) is 4.56. The number of methoxy groups -OCH3 is 2. The van der Waals surface area contributed by atoms with E-state index in [-0.39, 0.29) is 5.91 Å². The lowest BCUT2D eigenvalue weighted by Gasteiger charge is -2.13. The Bertz CT molecular complexity index is 403. The van der Waals surface area contributed by atoms with Gasteiger partial charge in [0.25, 0.3) is 5.91 Å². The molecule has 98 valence electrons. The van der Waals surface area contributed by atoms with Gasteiger partial charge in [-0.1, -0.05) is 12.8 Å². The van der Waals surface area contributed by atoms with Gasteiger partial charge in [-0.05, 0) is 25.0 Å². The van der Waals surface area contributed by atoms with Gasteiger partial charge < -0.3 is 14.8 Å². The summed E-state index contributed by atoms with van der Waals surface area (Å²) < 4.78 is 10.3. The van der Waals surface area contributed by atoms with Gasteiger partial charge >= 0.3 is 0 Å². The van der Waals surface area contributed by atoms with Gasteiger partial charge in [-0.3, -0.25) is 4.79 Å². The Hall–Kier alpha value is -1.71. The van der Waals surface area contributed by atoms with Crippen molar-refractivity contribution in [1.82, 2.24) is 5.32 Å². The van der Waals surface area contributed by atoms with Gasteiger partial charge in [0.2, 0.25) is 0 Å². The summed E-state index contributed by atoms with van der Waals surface area (Å²) in [5.74, 6) is 1.20. The van der Waals surface area contributed by atoms with Crippen LogP contribution in [0.25, 0.3) is 0 Å². The number of benzene rings is 1. The minimum atomic E-state index is -0.0564. The van der Waals surface area contributed by atoms with Crippen LogP contribution >= 0.6 is 0 Å². The first-order valence-electron chi connectivity index (χ1n) is 6.27. The van der Waals surface area contributed by atoms with E-state index in [2.05, 4.69) is 5.32 Å². The Kier molecular flexibility index (Phi) is 4.07. The van der Waals surface area contributed by atoms with Gasteiger partial charge in [-0.15, -0.1) is 0 Å². The third kappa shape index (κ3) is 2.94. The number of hydrogen-bond donors (Lipinski definition) is 1. The second kappa shape index (κ2) is 5.76. The molecular formula is C14H19NO3. The largest absolute Gasteiger partial charge is 0.497 e. The van der Waals surface area contributed by atoms with E-state index in [9.17, 15) is 4.79 Å². The van der Waals surface area contributed by atoms with Crippen molar-refractivity contribution >= 4 is 5.91 Å². The van der Waals surface area contributed by atoms with E-state index in [1.165, 1.54) is 12.8 Å². The van der Waals surface area contributed by atoms with Crippen molar-refractivity contribution in [3.05, 3.63) is 23.8 Å². The maximum absolute atomic E-state index is 12.1. The average molecular weight is 249 g/mol. The fraction of sp³-hybridized carbons (Fsp3) is 0.500. The third-order valence-electron chi connectivity index (χ3n) is 3.30. The van der Waals surface area contributed by atoms with Crippen molar-refractivity contribution in [2.45, 2.75) is 31.7 Å². The predicted molar refractivity (Wildman–Crippen MR) is 69.3 cm³/mol. The lowest BCUT2D eigenvalue weighted by atomic mass is 10.1. The molecule has 0 aliphatic heterocycles. The summed E-state index contributed by atoms with van der Waals surface area (Å²) in [7, 11) is 3.15. The van der Waals surface area contributed by atoms with E-state index < -0.39 is 0 Å². The van der Waals surface area contributed by atoms with Crippen LogP contribution in [-0.4, -0.2) is 26.2 Å². The summed E-state index contributed by atoms with van der Waals surface area (Å²) in [6.07, 6.45) is 4.55. The Morgan fingerprint density at radius 1 is 1.11 bits per heavy atom. The molecule has 4 nitrogen and oxygen atoms in total. The normalized spacial score (nSPS) is 15.4. The lowest BCUT2D eigenvalue weighted by Crippen LogP contribution is -2.32. The van der Waals surface area contributed by atoms with Gasteiger partial charge in [0.05, 0.1) is 14.2 Å². The number of nitrogens with one attached hydrogen (secondary N) is 1. The number of carbonyl (C=O) groups excluding carboxylic acids is 1. The van der Waals surface area contributed by atoms with Gasteiger partial charge in [-0.2, -0.15) is 0 Å². The Morgan fingerprint density at radius 2 is 1.67 bits per heavy atom. The van der Waals surface area contributed by atoms with Crippen molar-refractivity contribution < 1.29 is 14.3 Å². The average Bonchev–Trinajstić information content (AvgIpc) is 2.90. The van der Waals surface area contributed by atoms with E-state index in [0.29, 0.717) is 23.1 Å². The molecule has 1 fully saturated rings. The van der Waals surface area contributed by atoms with E-state index in [1.54, 1.807) is 32.4 Å². The first-order valence-corrected chi connectivity index (χ1v) is 6.27. The molecule has 1 amide bonds. The standard InChI is InChI=1S/C14H19NO3/c1-17-12-7-10(8-13(9-12)18-2)14(16)15-11-5-3-4-6-11/h7-9,11H,3-6H2,1-2H3,(H,15,16). The van der Waals surface area contributed by atoms with Crippen molar-refractivity contribution in [2.75, 3.05) is 14.2 Å². The molecule has 0 heterocycles. The molecule has 18 heavy (non-hydrogen) atoms. The second-order valence-corrected chi connectivity index (χ2v) is 4.56. The van der Waals surface area contributed by atoms with Gasteiger partial charge in [0.1, 0.15) is 11.5 Å². The van der Waals surface area contributed by atoms with Crippen LogP contribution in [0.5, 0.6) is 11.5 Å². The number of ether oxygens (including phenoxy) is 2. The van der Waals surface area contributed by atoms with Crippen molar-refractivity contribution in [3.63, 3.8) is 0 Å². The van der Waals surface area contributed by atoms with Crippen molar-refractivity contribution in [2.24, 2.45) is 0 Å². The van der Waals surface area contributed by atoms with E-state index in [1.807, 2.05) is 0 Å². The zero-order valence-corrected chi connectivity index (χ0v) is 10.9. The third-order valence-corrected chi connectivity index (χ3v) is 3.30. The van der Waals surface area contributed by atoms with Gasteiger partial charge in [-0.25, -0.2) is 0 Å². The van der Waals surface area contributed by atoms with Gasteiger partial charge in [0, 0.05) is 17.7 Å². The molecule has 0 bridgehead atoms. The summed E-state index contributed by atoms with van der Waals surface area (Å²) >= 11 is 0. The molecule has 2 rings (SSSR count). The number of carbonyl (C=O) groups is 1. The van der Waals surface area contributed by atoms with E-state index >= 15 is 0 Å². The van der Waals surface area contributed by atoms with E-state index in [4.69, 9.17) is 9.47 Å². The molecule has 0 aromatic heterocycles. The van der Waals surface area contributed by atoms with Crippen LogP contribution < -0.4 is 14.8 Å².